The summed E-state index contributed by atoms with van der Waals surface area (Å²) in [5.74, 6) is -1.15. The van der Waals surface area contributed by atoms with Gasteiger partial charge in [-0.25, -0.2) is 9.37 Å². The van der Waals surface area contributed by atoms with Gasteiger partial charge in [0, 0.05) is 16.8 Å². The second-order valence-corrected chi connectivity index (χ2v) is 7.88. The third kappa shape index (κ3) is 5.58. The third-order valence-corrected chi connectivity index (χ3v) is 5.19. The average molecular weight is 468 g/mol. The van der Waals surface area contributed by atoms with Crippen LogP contribution in [0.2, 0.25) is 0 Å². The summed E-state index contributed by atoms with van der Waals surface area (Å²) >= 11 is 1.54. The quantitative estimate of drug-likeness (QED) is 0.508. The number of nitrogens with one attached hydrogen (secondary N) is 2. The summed E-state index contributed by atoms with van der Waals surface area (Å²) in [5, 5.41) is 4.24. The van der Waals surface area contributed by atoms with Crippen LogP contribution in [0.1, 0.15) is 21.7 Å². The van der Waals surface area contributed by atoms with Gasteiger partial charge >= 0.3 is 6.18 Å². The molecule has 0 saturated carbocycles. The number of imidazole rings is 1. The fourth-order valence-corrected chi connectivity index (χ4v) is 3.58. The predicted octanol–water partition coefficient (Wildman–Crippen LogP) is 4.28. The number of carbonyl (C=O) groups is 2. The number of amides is 2. The lowest BCUT2D eigenvalue weighted by Gasteiger charge is -2.14. The molecule has 0 bridgehead atoms. The van der Waals surface area contributed by atoms with Gasteiger partial charge in [-0.1, -0.05) is 12.1 Å². The Hall–Kier alpha value is -3.08. The standard InChI is InChI=1S/C21H20F4N4O2S/c1-12-14(22)7-13(20(31)26-11-21(23,24)25)8-16(12)28-19(30)9-29-17-6-4-3-5-15(17)27-18(29)10-32-2/h3-8H,9-11H2,1-2H3,(H,26,31)(H,28,30). The van der Waals surface area contributed by atoms with Crippen LogP contribution < -0.4 is 10.6 Å². The number of hydrogen-bond donors (Lipinski definition) is 2. The zero-order chi connectivity index (χ0) is 23.5. The normalized spacial score (nSPS) is 11.6. The lowest BCUT2D eigenvalue weighted by Crippen LogP contribution is -2.33. The van der Waals surface area contributed by atoms with Gasteiger partial charge in [0.25, 0.3) is 5.91 Å². The molecule has 0 radical (unpaired) electrons. The SMILES string of the molecule is CSCc1nc2ccccc2n1CC(=O)Nc1cc(C(=O)NCC(F)(F)F)cc(F)c1C. The summed E-state index contributed by atoms with van der Waals surface area (Å²) in [6.45, 7) is -0.259. The highest BCUT2D eigenvalue weighted by molar-refractivity contribution is 7.97. The van der Waals surface area contributed by atoms with Crippen LogP contribution in [-0.4, -0.2) is 40.3 Å². The second kappa shape index (κ2) is 9.60. The van der Waals surface area contributed by atoms with Gasteiger partial charge in [-0.15, -0.1) is 0 Å². The van der Waals surface area contributed by atoms with E-state index in [1.807, 2.05) is 30.5 Å². The number of alkyl halides is 3. The van der Waals surface area contributed by atoms with Gasteiger partial charge in [0.2, 0.25) is 5.91 Å². The monoisotopic (exact) mass is 468 g/mol. The molecule has 2 aromatic carbocycles. The van der Waals surface area contributed by atoms with Crippen molar-refractivity contribution in [2.45, 2.75) is 25.4 Å². The highest BCUT2D eigenvalue weighted by Gasteiger charge is 2.28. The minimum Gasteiger partial charge on any atom is -0.343 e. The van der Waals surface area contributed by atoms with E-state index in [0.29, 0.717) is 11.6 Å². The first kappa shape index (κ1) is 23.6. The molecule has 11 heteroatoms. The molecule has 1 heterocycles. The average Bonchev–Trinajstić information content (AvgIpc) is 3.06. The van der Waals surface area contributed by atoms with E-state index in [9.17, 15) is 27.2 Å². The van der Waals surface area contributed by atoms with Crippen LogP contribution in [0.3, 0.4) is 0 Å². The molecule has 0 aliphatic heterocycles. The number of anilines is 1. The van der Waals surface area contributed by atoms with Crippen LogP contribution >= 0.6 is 11.8 Å². The van der Waals surface area contributed by atoms with Crippen molar-refractivity contribution in [1.29, 1.82) is 0 Å². The van der Waals surface area contributed by atoms with E-state index in [1.54, 1.807) is 21.6 Å². The van der Waals surface area contributed by atoms with Crippen LogP contribution in [0.5, 0.6) is 0 Å². The van der Waals surface area contributed by atoms with Crippen molar-refractivity contribution in [3.8, 4) is 0 Å². The Morgan fingerprint density at radius 1 is 1.19 bits per heavy atom. The number of benzene rings is 2. The smallest absolute Gasteiger partial charge is 0.343 e. The van der Waals surface area contributed by atoms with Crippen molar-refractivity contribution in [2.75, 3.05) is 18.1 Å². The van der Waals surface area contributed by atoms with Crippen molar-refractivity contribution in [2.24, 2.45) is 0 Å². The maximum Gasteiger partial charge on any atom is 0.405 e. The third-order valence-electron chi connectivity index (χ3n) is 4.64. The molecule has 6 nitrogen and oxygen atoms in total. The molecule has 170 valence electrons. The lowest BCUT2D eigenvalue weighted by molar-refractivity contribution is -0.123. The van der Waals surface area contributed by atoms with E-state index in [0.717, 1.165) is 23.2 Å². The first-order chi connectivity index (χ1) is 15.1. The number of para-hydroxylation sites is 2. The second-order valence-electron chi connectivity index (χ2n) is 7.01. The summed E-state index contributed by atoms with van der Waals surface area (Å²) < 4.78 is 53.1. The summed E-state index contributed by atoms with van der Waals surface area (Å²) in [6, 6.07) is 9.30. The summed E-state index contributed by atoms with van der Waals surface area (Å²) in [7, 11) is 0. The molecule has 2 N–H and O–H groups in total. The van der Waals surface area contributed by atoms with Crippen molar-refractivity contribution in [3.05, 3.63) is 59.2 Å². The van der Waals surface area contributed by atoms with Gasteiger partial charge in [0.15, 0.2) is 0 Å². The molecule has 3 rings (SSSR count). The van der Waals surface area contributed by atoms with Gasteiger partial charge in [0.1, 0.15) is 24.7 Å². The zero-order valence-corrected chi connectivity index (χ0v) is 18.0. The van der Waals surface area contributed by atoms with Crippen LogP contribution in [0.25, 0.3) is 11.0 Å². The van der Waals surface area contributed by atoms with Crippen LogP contribution in [0.15, 0.2) is 36.4 Å². The van der Waals surface area contributed by atoms with E-state index in [2.05, 4.69) is 10.3 Å². The molecule has 0 aliphatic rings. The van der Waals surface area contributed by atoms with E-state index in [4.69, 9.17) is 0 Å². The summed E-state index contributed by atoms with van der Waals surface area (Å²) in [5.41, 5.74) is 1.22. The molecule has 0 saturated heterocycles. The number of aromatic nitrogens is 2. The molecule has 0 aliphatic carbocycles. The highest BCUT2D eigenvalue weighted by atomic mass is 32.2. The topological polar surface area (TPSA) is 76.0 Å². The Morgan fingerprint density at radius 2 is 1.91 bits per heavy atom. The molecule has 2 amide bonds. The van der Waals surface area contributed by atoms with Crippen molar-refractivity contribution in [3.63, 3.8) is 0 Å². The minimum absolute atomic E-state index is 0.00277. The van der Waals surface area contributed by atoms with Gasteiger partial charge < -0.3 is 15.2 Å². The molecule has 3 aromatic rings. The van der Waals surface area contributed by atoms with Crippen molar-refractivity contribution >= 4 is 40.3 Å². The molecular formula is C21H20F4N4O2S. The Morgan fingerprint density at radius 3 is 2.59 bits per heavy atom. The van der Waals surface area contributed by atoms with Gasteiger partial charge in [-0.3, -0.25) is 9.59 Å². The lowest BCUT2D eigenvalue weighted by atomic mass is 10.1. The number of carbonyl (C=O) groups excluding carboxylic acids is 2. The zero-order valence-electron chi connectivity index (χ0n) is 17.2. The Kier molecular flexibility index (Phi) is 7.07. The first-order valence-electron chi connectivity index (χ1n) is 9.47. The fraction of sp³-hybridized carbons (Fsp3) is 0.286. The first-order valence-corrected chi connectivity index (χ1v) is 10.9. The Bertz CT molecular complexity index is 1160. The van der Waals surface area contributed by atoms with Gasteiger partial charge in [-0.2, -0.15) is 24.9 Å². The van der Waals surface area contributed by atoms with Crippen LogP contribution in [0.4, 0.5) is 23.2 Å². The number of hydrogen-bond acceptors (Lipinski definition) is 4. The van der Waals surface area contributed by atoms with E-state index >= 15 is 0 Å². The van der Waals surface area contributed by atoms with Gasteiger partial charge in [0.05, 0.1) is 16.8 Å². The maximum atomic E-state index is 14.3. The largest absolute Gasteiger partial charge is 0.405 e. The maximum absolute atomic E-state index is 14.3. The van der Waals surface area contributed by atoms with E-state index in [-0.39, 0.29) is 23.4 Å². The Labute approximate surface area is 185 Å². The molecule has 32 heavy (non-hydrogen) atoms. The predicted molar refractivity (Wildman–Crippen MR) is 115 cm³/mol. The Balaban J connectivity index is 1.82. The van der Waals surface area contributed by atoms with E-state index < -0.39 is 30.4 Å². The van der Waals surface area contributed by atoms with Crippen molar-refractivity contribution in [1.82, 2.24) is 14.9 Å². The molecule has 0 unspecified atom stereocenters. The molecule has 0 spiro atoms. The highest BCUT2D eigenvalue weighted by Crippen LogP contribution is 2.23. The number of thioether (sulfide) groups is 1. The number of fused-ring (bicyclic) bond motifs is 1. The number of nitrogens with zero attached hydrogens (tertiary/aromatic N) is 2. The van der Waals surface area contributed by atoms with Gasteiger partial charge in [-0.05, 0) is 37.4 Å². The number of halogens is 4. The van der Waals surface area contributed by atoms with Crippen LogP contribution in [0, 0.1) is 12.7 Å². The fourth-order valence-electron chi connectivity index (χ4n) is 3.10. The van der Waals surface area contributed by atoms with Crippen molar-refractivity contribution < 1.29 is 27.2 Å². The number of rotatable bonds is 7. The summed E-state index contributed by atoms with van der Waals surface area (Å²) in [6.07, 6.45) is -2.69. The molecule has 0 atom stereocenters. The van der Waals surface area contributed by atoms with Crippen LogP contribution in [-0.2, 0) is 17.1 Å². The minimum atomic E-state index is -4.60. The molecule has 1 aromatic heterocycles. The summed E-state index contributed by atoms with van der Waals surface area (Å²) in [4.78, 5) is 29.3. The molecular weight excluding hydrogens is 448 g/mol. The molecule has 0 fully saturated rings. The van der Waals surface area contributed by atoms with E-state index in [1.165, 1.54) is 6.92 Å².